The average molecular weight is 240 g/mol. The van der Waals surface area contributed by atoms with Crippen LogP contribution in [0.25, 0.3) is 0 Å². The molecule has 1 atom stereocenters. The quantitative estimate of drug-likeness (QED) is 0.882. The lowest BCUT2D eigenvalue weighted by atomic mass is 10.0. The summed E-state index contributed by atoms with van der Waals surface area (Å²) in [7, 11) is 0. The van der Waals surface area contributed by atoms with Gasteiger partial charge in [0.15, 0.2) is 0 Å². The molecule has 0 aliphatic carbocycles. The fourth-order valence-corrected chi connectivity index (χ4v) is 1.72. The van der Waals surface area contributed by atoms with Gasteiger partial charge in [0.1, 0.15) is 5.82 Å². The number of piperidine rings is 1. The first-order valence-electron chi connectivity index (χ1n) is 6.29. The molecule has 1 aromatic heterocycles. The van der Waals surface area contributed by atoms with Crippen molar-refractivity contribution < 1.29 is 9.13 Å². The van der Waals surface area contributed by atoms with E-state index in [4.69, 9.17) is 4.74 Å². The lowest BCUT2D eigenvalue weighted by Crippen LogP contribution is -2.33. The Balaban J connectivity index is 0.000000686. The fraction of sp³-hybridized carbons (Fsp3) is 0.615. The van der Waals surface area contributed by atoms with Crippen LogP contribution < -0.4 is 10.1 Å². The van der Waals surface area contributed by atoms with E-state index >= 15 is 0 Å². The normalized spacial score (nSPS) is 19.1. The zero-order valence-electron chi connectivity index (χ0n) is 10.6. The van der Waals surface area contributed by atoms with Gasteiger partial charge in [-0.25, -0.2) is 9.37 Å². The topological polar surface area (TPSA) is 34.1 Å². The molecule has 1 N–H and O–H groups in total. The van der Waals surface area contributed by atoms with Gasteiger partial charge in [0.25, 0.3) is 0 Å². The molecule has 1 saturated heterocycles. The molecule has 1 aromatic rings. The van der Waals surface area contributed by atoms with Crippen molar-refractivity contribution >= 4 is 0 Å². The fourth-order valence-electron chi connectivity index (χ4n) is 1.72. The van der Waals surface area contributed by atoms with Crippen LogP contribution in [-0.4, -0.2) is 24.7 Å². The van der Waals surface area contributed by atoms with Crippen molar-refractivity contribution in [1.29, 1.82) is 0 Å². The average Bonchev–Trinajstić information content (AvgIpc) is 2.42. The molecule has 0 spiro atoms. The summed E-state index contributed by atoms with van der Waals surface area (Å²) >= 11 is 0. The van der Waals surface area contributed by atoms with E-state index in [1.807, 2.05) is 13.8 Å². The molecule has 0 aromatic carbocycles. The second-order valence-electron chi connectivity index (χ2n) is 3.84. The molecular weight excluding hydrogens is 219 g/mol. The molecule has 0 saturated carbocycles. The molecule has 3 nitrogen and oxygen atoms in total. The van der Waals surface area contributed by atoms with Gasteiger partial charge in [-0.15, -0.1) is 0 Å². The van der Waals surface area contributed by atoms with E-state index in [0.29, 0.717) is 18.4 Å². The number of ether oxygens (including phenoxy) is 1. The summed E-state index contributed by atoms with van der Waals surface area (Å²) in [6, 6.07) is 2.92. The minimum Gasteiger partial charge on any atom is -0.477 e. The maximum atomic E-state index is 12.6. The molecule has 17 heavy (non-hydrogen) atoms. The molecule has 1 fully saturated rings. The van der Waals surface area contributed by atoms with Gasteiger partial charge < -0.3 is 10.1 Å². The van der Waals surface area contributed by atoms with E-state index in [2.05, 4.69) is 10.3 Å². The monoisotopic (exact) mass is 240 g/mol. The number of halogens is 1. The van der Waals surface area contributed by atoms with E-state index in [-0.39, 0.29) is 5.82 Å². The molecule has 0 radical (unpaired) electrons. The molecule has 2 heterocycles. The Kier molecular flexibility index (Phi) is 6.55. The predicted octanol–water partition coefficient (Wildman–Crippen LogP) is 2.63. The van der Waals surface area contributed by atoms with Crippen LogP contribution in [0.1, 0.15) is 26.7 Å². The second kappa shape index (κ2) is 8.01. The van der Waals surface area contributed by atoms with Crippen LogP contribution in [0.4, 0.5) is 4.39 Å². The highest BCUT2D eigenvalue weighted by molar-refractivity contribution is 5.10. The Morgan fingerprint density at radius 2 is 2.29 bits per heavy atom. The van der Waals surface area contributed by atoms with Gasteiger partial charge in [0.05, 0.1) is 12.8 Å². The third-order valence-electron chi connectivity index (χ3n) is 2.57. The van der Waals surface area contributed by atoms with Crippen LogP contribution in [0.5, 0.6) is 5.88 Å². The Morgan fingerprint density at radius 3 is 2.88 bits per heavy atom. The first-order valence-corrected chi connectivity index (χ1v) is 6.29. The highest BCUT2D eigenvalue weighted by Crippen LogP contribution is 2.13. The van der Waals surface area contributed by atoms with Gasteiger partial charge in [0, 0.05) is 18.5 Å². The van der Waals surface area contributed by atoms with Gasteiger partial charge in [-0.05, 0) is 25.5 Å². The zero-order valence-corrected chi connectivity index (χ0v) is 10.6. The summed E-state index contributed by atoms with van der Waals surface area (Å²) in [5.41, 5.74) is 0. The van der Waals surface area contributed by atoms with Gasteiger partial charge in [0.2, 0.25) is 5.88 Å². The number of rotatable bonds is 3. The van der Waals surface area contributed by atoms with Crippen LogP contribution in [0.2, 0.25) is 0 Å². The van der Waals surface area contributed by atoms with E-state index in [0.717, 1.165) is 13.1 Å². The molecule has 0 amide bonds. The number of pyridine rings is 1. The first-order chi connectivity index (χ1) is 8.34. The van der Waals surface area contributed by atoms with Gasteiger partial charge >= 0.3 is 0 Å². The standard InChI is InChI=1S/C11H15FN2O.C2H6/c12-10-3-4-11(14-7-10)15-8-9-2-1-5-13-6-9;1-2/h3-4,7,9,13H,1-2,5-6,8H2;1-2H3. The highest BCUT2D eigenvalue weighted by Gasteiger charge is 2.13. The summed E-state index contributed by atoms with van der Waals surface area (Å²) in [6.45, 7) is 6.76. The van der Waals surface area contributed by atoms with E-state index in [1.54, 1.807) is 6.07 Å². The number of hydrogen-bond acceptors (Lipinski definition) is 3. The number of nitrogens with zero attached hydrogens (tertiary/aromatic N) is 1. The number of hydrogen-bond donors (Lipinski definition) is 1. The van der Waals surface area contributed by atoms with Crippen molar-refractivity contribution in [1.82, 2.24) is 10.3 Å². The Bertz CT molecular complexity index is 297. The van der Waals surface area contributed by atoms with Crippen molar-refractivity contribution in [2.24, 2.45) is 5.92 Å². The maximum Gasteiger partial charge on any atom is 0.213 e. The van der Waals surface area contributed by atoms with Crippen molar-refractivity contribution in [3.63, 3.8) is 0 Å². The van der Waals surface area contributed by atoms with Gasteiger partial charge in [-0.2, -0.15) is 0 Å². The van der Waals surface area contributed by atoms with Crippen molar-refractivity contribution in [2.75, 3.05) is 19.7 Å². The summed E-state index contributed by atoms with van der Waals surface area (Å²) in [4.78, 5) is 3.85. The number of aromatic nitrogens is 1. The van der Waals surface area contributed by atoms with Crippen LogP contribution in [0.3, 0.4) is 0 Å². The maximum absolute atomic E-state index is 12.6. The summed E-state index contributed by atoms with van der Waals surface area (Å²) in [5.74, 6) is 0.717. The minimum atomic E-state index is -0.332. The molecule has 96 valence electrons. The van der Waals surface area contributed by atoms with E-state index in [1.165, 1.54) is 25.1 Å². The molecule has 4 heteroatoms. The molecule has 0 bridgehead atoms. The Labute approximate surface area is 102 Å². The van der Waals surface area contributed by atoms with Gasteiger partial charge in [-0.3, -0.25) is 0 Å². The lowest BCUT2D eigenvalue weighted by molar-refractivity contribution is 0.212. The van der Waals surface area contributed by atoms with Crippen LogP contribution in [0.15, 0.2) is 18.3 Å². The Morgan fingerprint density at radius 1 is 1.47 bits per heavy atom. The van der Waals surface area contributed by atoms with E-state index < -0.39 is 0 Å². The summed E-state index contributed by atoms with van der Waals surface area (Å²) in [5, 5.41) is 3.32. The minimum absolute atomic E-state index is 0.332. The van der Waals surface area contributed by atoms with Crippen LogP contribution in [-0.2, 0) is 0 Å². The lowest BCUT2D eigenvalue weighted by Gasteiger charge is -2.22. The van der Waals surface area contributed by atoms with Gasteiger partial charge in [-0.1, -0.05) is 13.8 Å². The third kappa shape index (κ3) is 5.13. The molecule has 2 rings (SSSR count). The predicted molar refractivity (Wildman–Crippen MR) is 66.6 cm³/mol. The first kappa shape index (κ1) is 13.9. The molecule has 1 aliphatic heterocycles. The SMILES string of the molecule is CC.Fc1ccc(OCC2CCCNC2)nc1. The summed E-state index contributed by atoms with van der Waals surface area (Å²) in [6.07, 6.45) is 3.56. The van der Waals surface area contributed by atoms with Crippen LogP contribution in [0, 0.1) is 11.7 Å². The molecule has 1 aliphatic rings. The third-order valence-corrected chi connectivity index (χ3v) is 2.57. The van der Waals surface area contributed by atoms with Crippen molar-refractivity contribution in [3.8, 4) is 5.88 Å². The summed E-state index contributed by atoms with van der Waals surface area (Å²) < 4.78 is 18.0. The highest BCUT2D eigenvalue weighted by atomic mass is 19.1. The smallest absolute Gasteiger partial charge is 0.213 e. The van der Waals surface area contributed by atoms with Crippen molar-refractivity contribution in [3.05, 3.63) is 24.1 Å². The second-order valence-corrected chi connectivity index (χ2v) is 3.84. The zero-order chi connectivity index (χ0) is 12.5. The molecule has 1 unspecified atom stereocenters. The molecular formula is C13H21FN2O. The Hall–Kier alpha value is -1.16. The van der Waals surface area contributed by atoms with E-state index in [9.17, 15) is 4.39 Å². The van der Waals surface area contributed by atoms with Crippen LogP contribution >= 0.6 is 0 Å². The number of nitrogens with one attached hydrogen (secondary N) is 1. The largest absolute Gasteiger partial charge is 0.477 e. The van der Waals surface area contributed by atoms with Crippen molar-refractivity contribution in [2.45, 2.75) is 26.7 Å².